The van der Waals surface area contributed by atoms with Crippen molar-refractivity contribution in [2.75, 3.05) is 12.3 Å². The minimum Gasteiger partial charge on any atom is -0.355 e. The smallest absolute Gasteiger partial charge is 0.229 e. The Bertz CT molecular complexity index is 117. The summed E-state index contributed by atoms with van der Waals surface area (Å²) < 4.78 is 0. The van der Waals surface area contributed by atoms with Crippen LogP contribution in [0.4, 0.5) is 0 Å². The van der Waals surface area contributed by atoms with Gasteiger partial charge in [0.1, 0.15) is 0 Å². The molecule has 0 aliphatic heterocycles. The molecule has 1 N–H and O–H groups in total. The van der Waals surface area contributed by atoms with Crippen LogP contribution in [0.15, 0.2) is 0 Å². The summed E-state index contributed by atoms with van der Waals surface area (Å²) in [5.74, 6) is 0.337. The number of hydrogen-bond acceptors (Lipinski definition) is 2. The van der Waals surface area contributed by atoms with E-state index in [1.807, 2.05) is 0 Å². The molecule has 0 fully saturated rings. The monoisotopic (exact) mass is 189 g/mol. The van der Waals surface area contributed by atoms with Crippen LogP contribution in [-0.4, -0.2) is 18.2 Å². The van der Waals surface area contributed by atoms with Crippen LogP contribution in [-0.2, 0) is 4.79 Å². The molecule has 0 rings (SSSR count). The van der Waals surface area contributed by atoms with Crippen LogP contribution in [0.1, 0.15) is 39.0 Å². The summed E-state index contributed by atoms with van der Waals surface area (Å²) in [7, 11) is 0. The molecule has 0 aliphatic rings. The summed E-state index contributed by atoms with van der Waals surface area (Å²) in [6, 6.07) is 0. The van der Waals surface area contributed by atoms with Gasteiger partial charge in [0, 0.05) is 6.54 Å². The Labute approximate surface area is 80.5 Å². The first-order chi connectivity index (χ1) is 5.81. The van der Waals surface area contributed by atoms with Gasteiger partial charge in [-0.3, -0.25) is 4.79 Å². The summed E-state index contributed by atoms with van der Waals surface area (Å²) in [5, 5.41) is 2.79. The van der Waals surface area contributed by atoms with E-state index in [0.717, 1.165) is 13.0 Å². The molecular formula is C9H19NOS. The Morgan fingerprint density at radius 2 is 1.92 bits per heavy atom. The third-order valence-corrected chi connectivity index (χ3v) is 2.03. The van der Waals surface area contributed by atoms with Crippen molar-refractivity contribution in [3.63, 3.8) is 0 Å². The first kappa shape index (κ1) is 11.8. The van der Waals surface area contributed by atoms with Crippen molar-refractivity contribution >= 4 is 18.5 Å². The Balaban J connectivity index is 2.95. The second kappa shape index (κ2) is 8.91. The number of amides is 1. The predicted molar refractivity (Wildman–Crippen MR) is 55.6 cm³/mol. The largest absolute Gasteiger partial charge is 0.355 e. The fraction of sp³-hybridized carbons (Fsp3) is 0.889. The first-order valence-corrected chi connectivity index (χ1v) is 5.32. The van der Waals surface area contributed by atoms with Crippen LogP contribution in [0.5, 0.6) is 0 Å². The Hall–Kier alpha value is -0.180. The second-order valence-electron chi connectivity index (χ2n) is 2.92. The molecule has 1 amide bonds. The van der Waals surface area contributed by atoms with Crippen molar-refractivity contribution < 1.29 is 4.79 Å². The van der Waals surface area contributed by atoms with Gasteiger partial charge in [-0.05, 0) is 6.42 Å². The van der Waals surface area contributed by atoms with Crippen molar-refractivity contribution in [2.45, 2.75) is 39.0 Å². The van der Waals surface area contributed by atoms with E-state index < -0.39 is 0 Å². The van der Waals surface area contributed by atoms with E-state index in [4.69, 9.17) is 0 Å². The van der Waals surface area contributed by atoms with E-state index in [-0.39, 0.29) is 5.91 Å². The second-order valence-corrected chi connectivity index (χ2v) is 3.24. The van der Waals surface area contributed by atoms with E-state index in [9.17, 15) is 4.79 Å². The van der Waals surface area contributed by atoms with E-state index in [1.54, 1.807) is 0 Å². The predicted octanol–water partition coefficient (Wildman–Crippen LogP) is 2.00. The van der Waals surface area contributed by atoms with Crippen molar-refractivity contribution in [3.05, 3.63) is 0 Å². The van der Waals surface area contributed by atoms with E-state index in [0.29, 0.717) is 5.75 Å². The zero-order chi connectivity index (χ0) is 9.23. The minimum absolute atomic E-state index is 0.0359. The SMILES string of the molecule is CCCCCCCNC(=O)CS. The van der Waals surface area contributed by atoms with Gasteiger partial charge in [-0.15, -0.1) is 0 Å². The normalized spacial score (nSPS) is 9.83. The molecule has 12 heavy (non-hydrogen) atoms. The summed E-state index contributed by atoms with van der Waals surface area (Å²) in [5.41, 5.74) is 0. The number of unbranched alkanes of at least 4 members (excludes halogenated alkanes) is 4. The lowest BCUT2D eigenvalue weighted by Crippen LogP contribution is -2.25. The molecule has 0 spiro atoms. The van der Waals surface area contributed by atoms with Crippen molar-refractivity contribution in [1.29, 1.82) is 0 Å². The molecule has 0 saturated carbocycles. The zero-order valence-corrected chi connectivity index (χ0v) is 8.70. The van der Waals surface area contributed by atoms with Gasteiger partial charge < -0.3 is 5.32 Å². The fourth-order valence-electron chi connectivity index (χ4n) is 1.01. The van der Waals surface area contributed by atoms with Gasteiger partial charge in [-0.2, -0.15) is 12.6 Å². The molecular weight excluding hydrogens is 170 g/mol. The van der Waals surface area contributed by atoms with Crippen LogP contribution in [0.25, 0.3) is 0 Å². The van der Waals surface area contributed by atoms with E-state index >= 15 is 0 Å². The summed E-state index contributed by atoms with van der Waals surface area (Å²) in [6.07, 6.45) is 6.18. The summed E-state index contributed by atoms with van der Waals surface area (Å²) in [4.78, 5) is 10.7. The van der Waals surface area contributed by atoms with Gasteiger partial charge in [0.2, 0.25) is 5.91 Å². The molecule has 0 heterocycles. The topological polar surface area (TPSA) is 29.1 Å². The Morgan fingerprint density at radius 3 is 2.50 bits per heavy atom. The number of rotatable bonds is 7. The van der Waals surface area contributed by atoms with Crippen LogP contribution in [0, 0.1) is 0 Å². The molecule has 0 aromatic carbocycles. The number of carbonyl (C=O) groups is 1. The maximum absolute atomic E-state index is 10.7. The standard InChI is InChI=1S/C9H19NOS/c1-2-3-4-5-6-7-10-9(11)8-12/h12H,2-8H2,1H3,(H,10,11). The maximum atomic E-state index is 10.7. The maximum Gasteiger partial charge on any atom is 0.229 e. The zero-order valence-electron chi connectivity index (χ0n) is 7.81. The van der Waals surface area contributed by atoms with Crippen molar-refractivity contribution in [2.24, 2.45) is 0 Å². The van der Waals surface area contributed by atoms with Gasteiger partial charge in [-0.25, -0.2) is 0 Å². The Morgan fingerprint density at radius 1 is 1.25 bits per heavy atom. The van der Waals surface area contributed by atoms with Crippen molar-refractivity contribution in [1.82, 2.24) is 5.32 Å². The van der Waals surface area contributed by atoms with E-state index in [1.165, 1.54) is 25.7 Å². The van der Waals surface area contributed by atoms with Crippen molar-refractivity contribution in [3.8, 4) is 0 Å². The van der Waals surface area contributed by atoms with Gasteiger partial charge in [-0.1, -0.05) is 32.6 Å². The molecule has 0 aromatic heterocycles. The average Bonchev–Trinajstić information content (AvgIpc) is 2.10. The molecule has 2 nitrogen and oxygen atoms in total. The summed E-state index contributed by atoms with van der Waals surface area (Å²) in [6.45, 7) is 3.01. The number of nitrogens with one attached hydrogen (secondary N) is 1. The molecule has 0 radical (unpaired) electrons. The van der Waals surface area contributed by atoms with Gasteiger partial charge in [0.15, 0.2) is 0 Å². The lowest BCUT2D eigenvalue weighted by atomic mass is 10.1. The molecule has 72 valence electrons. The average molecular weight is 189 g/mol. The highest BCUT2D eigenvalue weighted by Crippen LogP contribution is 2.00. The highest BCUT2D eigenvalue weighted by Gasteiger charge is 1.94. The third-order valence-electron chi connectivity index (χ3n) is 1.75. The Kier molecular flexibility index (Phi) is 8.78. The lowest BCUT2D eigenvalue weighted by molar-refractivity contribution is -0.118. The number of hydrogen-bond donors (Lipinski definition) is 2. The molecule has 3 heteroatoms. The van der Waals surface area contributed by atoms with Crippen LogP contribution >= 0.6 is 12.6 Å². The fourth-order valence-corrected chi connectivity index (χ4v) is 1.12. The van der Waals surface area contributed by atoms with Gasteiger partial charge >= 0.3 is 0 Å². The summed E-state index contributed by atoms with van der Waals surface area (Å²) >= 11 is 3.86. The van der Waals surface area contributed by atoms with Gasteiger partial charge in [0.05, 0.1) is 5.75 Å². The number of thiol groups is 1. The third kappa shape index (κ3) is 7.92. The number of carbonyl (C=O) groups excluding carboxylic acids is 1. The molecule has 0 atom stereocenters. The molecule has 0 aromatic rings. The molecule has 0 unspecified atom stereocenters. The quantitative estimate of drug-likeness (QED) is 0.465. The highest BCUT2D eigenvalue weighted by atomic mass is 32.1. The molecule has 0 aliphatic carbocycles. The van der Waals surface area contributed by atoms with E-state index in [2.05, 4.69) is 24.9 Å². The molecule has 0 saturated heterocycles. The minimum atomic E-state index is 0.0359. The lowest BCUT2D eigenvalue weighted by Gasteiger charge is -2.02. The highest BCUT2D eigenvalue weighted by molar-refractivity contribution is 7.81. The van der Waals surface area contributed by atoms with Crippen LogP contribution in [0.3, 0.4) is 0 Å². The van der Waals surface area contributed by atoms with Gasteiger partial charge in [0.25, 0.3) is 0 Å². The van der Waals surface area contributed by atoms with Crippen LogP contribution in [0.2, 0.25) is 0 Å². The first-order valence-electron chi connectivity index (χ1n) is 4.68. The van der Waals surface area contributed by atoms with Crippen LogP contribution < -0.4 is 5.32 Å². The molecule has 0 bridgehead atoms.